The second-order valence-corrected chi connectivity index (χ2v) is 6.01. The molecule has 0 unspecified atom stereocenters. The number of nitrogens with zero attached hydrogens (tertiary/aromatic N) is 1. The molecule has 0 aromatic carbocycles. The molecule has 0 aliphatic carbocycles. The van der Waals surface area contributed by atoms with Crippen LogP contribution >= 0.6 is 0 Å². The van der Waals surface area contributed by atoms with Crippen molar-refractivity contribution in [1.82, 2.24) is 4.98 Å². The van der Waals surface area contributed by atoms with Gasteiger partial charge in [-0.05, 0) is 31.1 Å². The molecule has 4 heteroatoms. The van der Waals surface area contributed by atoms with Gasteiger partial charge in [-0.3, -0.25) is 9.78 Å². The number of aromatic nitrogens is 1. The Kier molecular flexibility index (Phi) is 10.4. The van der Waals surface area contributed by atoms with Gasteiger partial charge in [0.2, 0.25) is 0 Å². The maximum absolute atomic E-state index is 12.1. The standard InChI is InChI=1S/C20H29NO3/c1-3-4-5-6-7-8-9-10-14-24-20(23)19(17(2)22)15-18-12-11-13-21-16-18/h11-13,15-16H,3-10,14H2,1-2H3/b19-15-. The van der Waals surface area contributed by atoms with Crippen LogP contribution in [0.5, 0.6) is 0 Å². The summed E-state index contributed by atoms with van der Waals surface area (Å²) in [5, 5.41) is 0. The Hall–Kier alpha value is -1.97. The van der Waals surface area contributed by atoms with Crippen molar-refractivity contribution >= 4 is 17.8 Å². The van der Waals surface area contributed by atoms with E-state index in [0.29, 0.717) is 12.2 Å². The van der Waals surface area contributed by atoms with Crippen molar-refractivity contribution in [2.45, 2.75) is 65.2 Å². The molecule has 0 fully saturated rings. The van der Waals surface area contributed by atoms with Crippen molar-refractivity contribution < 1.29 is 14.3 Å². The van der Waals surface area contributed by atoms with Gasteiger partial charge in [-0.1, -0.05) is 57.9 Å². The first-order valence-corrected chi connectivity index (χ1v) is 8.95. The fraction of sp³-hybridized carbons (Fsp3) is 0.550. The normalized spacial score (nSPS) is 11.3. The quantitative estimate of drug-likeness (QED) is 0.182. The van der Waals surface area contributed by atoms with Gasteiger partial charge in [0.25, 0.3) is 0 Å². The second kappa shape index (κ2) is 12.5. The Morgan fingerprint density at radius 1 is 1.08 bits per heavy atom. The molecule has 1 aromatic heterocycles. The van der Waals surface area contributed by atoms with Crippen LogP contribution in [-0.4, -0.2) is 23.3 Å². The van der Waals surface area contributed by atoms with E-state index in [4.69, 9.17) is 4.74 Å². The van der Waals surface area contributed by atoms with Crippen LogP contribution in [0.15, 0.2) is 30.1 Å². The molecule has 0 aliphatic rings. The van der Waals surface area contributed by atoms with Gasteiger partial charge in [0.1, 0.15) is 5.57 Å². The van der Waals surface area contributed by atoms with Crippen molar-refractivity contribution in [3.8, 4) is 0 Å². The average molecular weight is 331 g/mol. The molecule has 0 atom stereocenters. The maximum Gasteiger partial charge on any atom is 0.341 e. The minimum Gasteiger partial charge on any atom is -0.462 e. The third kappa shape index (κ3) is 8.61. The molecule has 1 rings (SSSR count). The lowest BCUT2D eigenvalue weighted by molar-refractivity contribution is -0.140. The van der Waals surface area contributed by atoms with Crippen LogP contribution in [0.2, 0.25) is 0 Å². The van der Waals surface area contributed by atoms with Crippen LogP contribution < -0.4 is 0 Å². The Labute approximate surface area is 145 Å². The molecule has 1 aromatic rings. The smallest absolute Gasteiger partial charge is 0.341 e. The van der Waals surface area contributed by atoms with E-state index in [-0.39, 0.29) is 11.4 Å². The number of esters is 1. The Balaban J connectivity index is 2.29. The number of unbranched alkanes of at least 4 members (excludes halogenated alkanes) is 7. The van der Waals surface area contributed by atoms with Crippen molar-refractivity contribution in [3.63, 3.8) is 0 Å². The van der Waals surface area contributed by atoms with E-state index < -0.39 is 5.97 Å². The number of carbonyl (C=O) groups excluding carboxylic acids is 2. The average Bonchev–Trinajstić information content (AvgIpc) is 2.58. The van der Waals surface area contributed by atoms with E-state index in [1.54, 1.807) is 24.5 Å². The van der Waals surface area contributed by atoms with E-state index in [1.165, 1.54) is 51.5 Å². The molecular formula is C20H29NO3. The Morgan fingerprint density at radius 3 is 2.33 bits per heavy atom. The number of hydrogen-bond donors (Lipinski definition) is 0. The molecule has 0 saturated heterocycles. The molecule has 0 spiro atoms. The van der Waals surface area contributed by atoms with E-state index in [2.05, 4.69) is 11.9 Å². The number of hydrogen-bond acceptors (Lipinski definition) is 4. The number of rotatable bonds is 12. The summed E-state index contributed by atoms with van der Waals surface area (Å²) in [6.45, 7) is 3.96. The summed E-state index contributed by atoms with van der Waals surface area (Å²) in [6.07, 6.45) is 14.3. The first-order chi connectivity index (χ1) is 11.6. The van der Waals surface area contributed by atoms with Gasteiger partial charge >= 0.3 is 5.97 Å². The van der Waals surface area contributed by atoms with Gasteiger partial charge in [0, 0.05) is 12.4 Å². The summed E-state index contributed by atoms with van der Waals surface area (Å²) < 4.78 is 5.23. The predicted octanol–water partition coefficient (Wildman–Crippen LogP) is 4.74. The lowest BCUT2D eigenvalue weighted by Crippen LogP contribution is -2.14. The van der Waals surface area contributed by atoms with Crippen molar-refractivity contribution in [2.24, 2.45) is 0 Å². The first kappa shape index (κ1) is 20.1. The summed E-state index contributed by atoms with van der Waals surface area (Å²) in [5.74, 6) is -0.839. The lowest BCUT2D eigenvalue weighted by Gasteiger charge is -2.06. The molecule has 0 radical (unpaired) electrons. The minimum absolute atomic E-state index is 0.0718. The maximum atomic E-state index is 12.1. The number of ketones is 1. The molecule has 132 valence electrons. The van der Waals surface area contributed by atoms with Gasteiger partial charge in [-0.15, -0.1) is 0 Å². The van der Waals surface area contributed by atoms with E-state index in [0.717, 1.165) is 12.8 Å². The fourth-order valence-electron chi connectivity index (χ4n) is 2.41. The molecule has 4 nitrogen and oxygen atoms in total. The zero-order valence-corrected chi connectivity index (χ0v) is 14.9. The highest BCUT2D eigenvalue weighted by Gasteiger charge is 2.15. The summed E-state index contributed by atoms with van der Waals surface area (Å²) in [6, 6.07) is 3.55. The predicted molar refractivity (Wildman–Crippen MR) is 96.5 cm³/mol. The third-order valence-corrected chi connectivity index (χ3v) is 3.83. The van der Waals surface area contributed by atoms with Crippen LogP contribution in [-0.2, 0) is 14.3 Å². The van der Waals surface area contributed by atoms with Gasteiger partial charge < -0.3 is 4.74 Å². The van der Waals surface area contributed by atoms with Crippen LogP contribution in [0, 0.1) is 0 Å². The van der Waals surface area contributed by atoms with Crippen LogP contribution in [0.25, 0.3) is 6.08 Å². The summed E-state index contributed by atoms with van der Waals surface area (Å²) in [5.41, 5.74) is 0.786. The molecule has 0 N–H and O–H groups in total. The van der Waals surface area contributed by atoms with Gasteiger partial charge in [0.05, 0.1) is 6.61 Å². The number of carbonyl (C=O) groups is 2. The highest BCUT2D eigenvalue weighted by Crippen LogP contribution is 2.11. The van der Waals surface area contributed by atoms with E-state index in [1.807, 2.05) is 0 Å². The Bertz CT molecular complexity index is 523. The summed E-state index contributed by atoms with van der Waals surface area (Å²) in [4.78, 5) is 27.7. The zero-order chi connectivity index (χ0) is 17.6. The topological polar surface area (TPSA) is 56.3 Å². The van der Waals surface area contributed by atoms with Crippen molar-refractivity contribution in [3.05, 3.63) is 35.7 Å². The van der Waals surface area contributed by atoms with E-state index in [9.17, 15) is 9.59 Å². The molecule has 1 heterocycles. The van der Waals surface area contributed by atoms with Gasteiger partial charge in [-0.2, -0.15) is 0 Å². The largest absolute Gasteiger partial charge is 0.462 e. The molecule has 24 heavy (non-hydrogen) atoms. The first-order valence-electron chi connectivity index (χ1n) is 8.95. The van der Waals surface area contributed by atoms with Crippen molar-refractivity contribution in [2.75, 3.05) is 6.61 Å². The lowest BCUT2D eigenvalue weighted by atomic mass is 10.1. The Morgan fingerprint density at radius 2 is 1.75 bits per heavy atom. The molecular weight excluding hydrogens is 302 g/mol. The van der Waals surface area contributed by atoms with Crippen LogP contribution in [0.1, 0.15) is 70.8 Å². The second-order valence-electron chi connectivity index (χ2n) is 6.01. The van der Waals surface area contributed by atoms with Gasteiger partial charge in [-0.25, -0.2) is 4.79 Å². The van der Waals surface area contributed by atoms with E-state index >= 15 is 0 Å². The highest BCUT2D eigenvalue weighted by atomic mass is 16.5. The summed E-state index contributed by atoms with van der Waals surface area (Å²) >= 11 is 0. The SMILES string of the molecule is CCCCCCCCCCOC(=O)/C(=C\c1cccnc1)C(C)=O. The minimum atomic E-state index is -0.547. The third-order valence-electron chi connectivity index (χ3n) is 3.83. The number of Topliss-reactive ketones (excluding diaryl/α,β-unsaturated/α-hetero) is 1. The highest BCUT2D eigenvalue weighted by molar-refractivity contribution is 6.19. The van der Waals surface area contributed by atoms with Crippen LogP contribution in [0.4, 0.5) is 0 Å². The molecule has 0 amide bonds. The van der Waals surface area contributed by atoms with Gasteiger partial charge in [0.15, 0.2) is 5.78 Å². The molecule has 0 saturated carbocycles. The number of ether oxygens (including phenoxy) is 1. The fourth-order valence-corrected chi connectivity index (χ4v) is 2.41. The number of pyridine rings is 1. The zero-order valence-electron chi connectivity index (χ0n) is 14.9. The van der Waals surface area contributed by atoms with Crippen LogP contribution in [0.3, 0.4) is 0 Å². The molecule has 0 aliphatic heterocycles. The van der Waals surface area contributed by atoms with Crippen molar-refractivity contribution in [1.29, 1.82) is 0 Å². The molecule has 0 bridgehead atoms. The monoisotopic (exact) mass is 331 g/mol. The summed E-state index contributed by atoms with van der Waals surface area (Å²) in [7, 11) is 0.